The maximum atomic E-state index is 13.4. The van der Waals surface area contributed by atoms with Crippen molar-refractivity contribution < 1.29 is 23.8 Å². The topological polar surface area (TPSA) is 95.3 Å². The van der Waals surface area contributed by atoms with Crippen molar-refractivity contribution >= 4 is 11.9 Å². The van der Waals surface area contributed by atoms with E-state index in [4.69, 9.17) is 14.2 Å². The number of esters is 2. The van der Waals surface area contributed by atoms with Gasteiger partial charge in [-0.25, -0.2) is 24.7 Å². The second-order valence-corrected chi connectivity index (χ2v) is 9.17. The molecule has 1 atom stereocenters. The Morgan fingerprint density at radius 2 is 1.42 bits per heavy atom. The zero-order valence-electron chi connectivity index (χ0n) is 21.1. The number of hydrogen-bond donors (Lipinski definition) is 0. The summed E-state index contributed by atoms with van der Waals surface area (Å²) >= 11 is 0. The van der Waals surface area contributed by atoms with Crippen LogP contribution in [0, 0.1) is 11.3 Å². The number of rotatable bonds is 6. The predicted octanol–water partition coefficient (Wildman–Crippen LogP) is 3.63. The Morgan fingerprint density at radius 1 is 0.889 bits per heavy atom. The quantitative estimate of drug-likeness (QED) is 0.549. The second kappa shape index (κ2) is 12.1. The molecule has 3 aliphatic rings. The van der Waals surface area contributed by atoms with Gasteiger partial charge in [-0.15, -0.1) is 0 Å². The van der Waals surface area contributed by atoms with Gasteiger partial charge in [-0.3, -0.25) is 0 Å². The summed E-state index contributed by atoms with van der Waals surface area (Å²) in [5.41, 5.74) is 0.799. The van der Waals surface area contributed by atoms with Gasteiger partial charge in [0.2, 0.25) is 5.88 Å². The average molecular weight is 495 g/mol. The third-order valence-electron chi connectivity index (χ3n) is 6.88. The molecule has 0 radical (unpaired) electrons. The molecule has 9 heteroatoms. The van der Waals surface area contributed by atoms with E-state index in [1.165, 1.54) is 14.2 Å². The van der Waals surface area contributed by atoms with Gasteiger partial charge in [0.1, 0.15) is 11.7 Å². The summed E-state index contributed by atoms with van der Waals surface area (Å²) < 4.78 is 16.9. The second-order valence-electron chi connectivity index (χ2n) is 9.17. The number of carbonyl (C=O) groups excluding carboxylic acids is 2. The van der Waals surface area contributed by atoms with Crippen molar-refractivity contribution in [2.24, 2.45) is 0 Å². The van der Waals surface area contributed by atoms with E-state index in [-0.39, 0.29) is 29.0 Å². The van der Waals surface area contributed by atoms with Gasteiger partial charge in [0.05, 0.1) is 25.9 Å². The van der Waals surface area contributed by atoms with Gasteiger partial charge in [-0.1, -0.05) is 43.2 Å². The molecule has 192 valence electrons. The molecule has 3 aliphatic heterocycles. The van der Waals surface area contributed by atoms with Gasteiger partial charge in [0, 0.05) is 38.2 Å². The van der Waals surface area contributed by atoms with E-state index >= 15 is 0 Å². The lowest BCUT2D eigenvalue weighted by Crippen LogP contribution is -2.56. The normalized spacial score (nSPS) is 21.8. The Bertz CT molecular complexity index is 1030. The zero-order valence-corrected chi connectivity index (χ0v) is 21.1. The van der Waals surface area contributed by atoms with Crippen LogP contribution in [-0.4, -0.2) is 67.5 Å². The highest BCUT2D eigenvalue weighted by atomic mass is 16.5. The molecule has 0 saturated carbocycles. The number of benzene rings is 1. The maximum absolute atomic E-state index is 13.4. The zero-order chi connectivity index (χ0) is 25.5. The number of hydrazine groups is 2. The average Bonchev–Trinajstić information content (AvgIpc) is 3.11. The lowest BCUT2D eigenvalue weighted by Gasteiger charge is -2.47. The van der Waals surface area contributed by atoms with Crippen molar-refractivity contribution in [3.05, 3.63) is 58.5 Å². The van der Waals surface area contributed by atoms with E-state index in [1.807, 2.05) is 35.4 Å². The summed E-state index contributed by atoms with van der Waals surface area (Å²) in [6, 6.07) is 11.7. The number of methoxy groups -OCH3 is 2. The third-order valence-corrected chi connectivity index (χ3v) is 6.88. The molecule has 2 fully saturated rings. The minimum absolute atomic E-state index is 0.0736. The summed E-state index contributed by atoms with van der Waals surface area (Å²) in [6.07, 6.45) is 5.83. The largest absolute Gasteiger partial charge is 0.468 e. The van der Waals surface area contributed by atoms with Crippen LogP contribution in [0.15, 0.2) is 52.9 Å². The van der Waals surface area contributed by atoms with Gasteiger partial charge >= 0.3 is 11.9 Å². The SMILES string of the molecule is COC(=O)C1=C(C#N)CC(c2ccccc2)OC(N(N2CCCCC2)N2CCCCC2)=C1C(=O)OC. The minimum Gasteiger partial charge on any atom is -0.468 e. The van der Waals surface area contributed by atoms with Crippen molar-refractivity contribution in [2.75, 3.05) is 40.4 Å². The predicted molar refractivity (Wildman–Crippen MR) is 131 cm³/mol. The lowest BCUT2D eigenvalue weighted by molar-refractivity contribution is -0.209. The Labute approximate surface area is 212 Å². The van der Waals surface area contributed by atoms with E-state index < -0.39 is 18.0 Å². The van der Waals surface area contributed by atoms with Crippen LogP contribution < -0.4 is 0 Å². The first-order valence-corrected chi connectivity index (χ1v) is 12.6. The fourth-order valence-corrected chi connectivity index (χ4v) is 5.07. The highest BCUT2D eigenvalue weighted by Gasteiger charge is 2.41. The van der Waals surface area contributed by atoms with Crippen LogP contribution in [-0.2, 0) is 23.8 Å². The summed E-state index contributed by atoms with van der Waals surface area (Å²) in [7, 11) is 2.51. The molecule has 0 aliphatic carbocycles. The van der Waals surface area contributed by atoms with Crippen LogP contribution in [0.25, 0.3) is 0 Å². The fourth-order valence-electron chi connectivity index (χ4n) is 5.07. The smallest absolute Gasteiger partial charge is 0.344 e. The number of ether oxygens (including phenoxy) is 3. The van der Waals surface area contributed by atoms with Gasteiger partial charge in [-0.2, -0.15) is 5.26 Å². The van der Waals surface area contributed by atoms with Crippen LogP contribution in [0.3, 0.4) is 0 Å². The highest BCUT2D eigenvalue weighted by molar-refractivity contribution is 6.08. The van der Waals surface area contributed by atoms with Crippen LogP contribution in [0.1, 0.15) is 56.6 Å². The van der Waals surface area contributed by atoms with Crippen LogP contribution >= 0.6 is 0 Å². The number of nitrogens with zero attached hydrogens (tertiary/aromatic N) is 4. The third kappa shape index (κ3) is 5.40. The molecule has 4 rings (SSSR count). The molecule has 0 aromatic heterocycles. The first kappa shape index (κ1) is 25.7. The first-order chi connectivity index (χ1) is 17.6. The van der Waals surface area contributed by atoms with E-state index in [0.29, 0.717) is 0 Å². The van der Waals surface area contributed by atoms with E-state index in [2.05, 4.69) is 16.1 Å². The van der Waals surface area contributed by atoms with Crippen molar-refractivity contribution in [1.29, 1.82) is 5.26 Å². The van der Waals surface area contributed by atoms with Crippen LogP contribution in [0.4, 0.5) is 0 Å². The Balaban J connectivity index is 1.96. The lowest BCUT2D eigenvalue weighted by atomic mass is 9.95. The summed E-state index contributed by atoms with van der Waals surface area (Å²) in [6.45, 7) is 3.15. The monoisotopic (exact) mass is 494 g/mol. The first-order valence-electron chi connectivity index (χ1n) is 12.6. The van der Waals surface area contributed by atoms with Gasteiger partial charge in [0.15, 0.2) is 0 Å². The van der Waals surface area contributed by atoms with E-state index in [0.717, 1.165) is 70.3 Å². The molecular formula is C27H34N4O5. The van der Waals surface area contributed by atoms with Crippen molar-refractivity contribution in [3.8, 4) is 6.07 Å². The number of hydrogen-bond acceptors (Lipinski definition) is 9. The Hall–Kier alpha value is -3.35. The Kier molecular flexibility index (Phi) is 8.62. The minimum atomic E-state index is -0.765. The molecule has 2 saturated heterocycles. The van der Waals surface area contributed by atoms with Crippen molar-refractivity contribution in [1.82, 2.24) is 15.1 Å². The molecule has 1 unspecified atom stereocenters. The number of carbonyl (C=O) groups is 2. The summed E-state index contributed by atoms with van der Waals surface area (Å²) in [5.74, 6) is -1.30. The van der Waals surface area contributed by atoms with Gasteiger partial charge < -0.3 is 14.2 Å². The maximum Gasteiger partial charge on any atom is 0.344 e. The fraction of sp³-hybridized carbons (Fsp3) is 0.519. The van der Waals surface area contributed by atoms with E-state index in [9.17, 15) is 14.9 Å². The molecule has 1 aromatic rings. The molecule has 36 heavy (non-hydrogen) atoms. The molecule has 0 N–H and O–H groups in total. The highest BCUT2D eigenvalue weighted by Crippen LogP contribution is 2.39. The summed E-state index contributed by atoms with van der Waals surface area (Å²) in [4.78, 5) is 26.5. The molecular weight excluding hydrogens is 460 g/mol. The number of nitriles is 1. The molecule has 1 aromatic carbocycles. The van der Waals surface area contributed by atoms with Gasteiger partial charge in [-0.05, 0) is 31.2 Å². The molecule has 3 heterocycles. The molecule has 9 nitrogen and oxygen atoms in total. The van der Waals surface area contributed by atoms with Crippen molar-refractivity contribution in [3.63, 3.8) is 0 Å². The standard InChI is InChI=1S/C27H34N4O5/c1-34-26(32)23-21(19-28)18-22(20-12-6-3-7-13-20)36-25(24(23)27(33)35-2)31(29-14-8-4-9-15-29)30-16-10-5-11-17-30/h3,6-7,12-13,22H,4-5,8-11,14-18H2,1-2H3. The molecule has 0 spiro atoms. The summed E-state index contributed by atoms with van der Waals surface area (Å²) in [5, 5.41) is 16.4. The van der Waals surface area contributed by atoms with Crippen LogP contribution in [0.5, 0.6) is 0 Å². The molecule has 0 bridgehead atoms. The van der Waals surface area contributed by atoms with Gasteiger partial charge in [0.25, 0.3) is 0 Å². The number of piperidine rings is 2. The van der Waals surface area contributed by atoms with E-state index in [1.54, 1.807) is 0 Å². The van der Waals surface area contributed by atoms with Crippen LogP contribution in [0.2, 0.25) is 0 Å². The van der Waals surface area contributed by atoms with Crippen molar-refractivity contribution in [2.45, 2.75) is 51.0 Å². The molecule has 0 amide bonds. The Morgan fingerprint density at radius 3 is 1.92 bits per heavy atom.